The van der Waals surface area contributed by atoms with Crippen LogP contribution in [0.4, 0.5) is 0 Å². The van der Waals surface area contributed by atoms with Gasteiger partial charge >= 0.3 is 5.97 Å². The molecule has 0 aliphatic carbocycles. The maximum Gasteiger partial charge on any atom is 0.302 e. The van der Waals surface area contributed by atoms with Crippen LogP contribution in [-0.4, -0.2) is 12.6 Å². The Kier molecular flexibility index (Phi) is 4.68. The molecule has 15 heavy (non-hydrogen) atoms. The Morgan fingerprint density at radius 3 is 2.47 bits per heavy atom. The molecule has 0 aromatic heterocycles. The first-order valence-electron chi connectivity index (χ1n) is 5.07. The number of rotatable bonds is 5. The van der Waals surface area contributed by atoms with Crippen LogP contribution in [0.2, 0.25) is 0 Å². The summed E-state index contributed by atoms with van der Waals surface area (Å²) in [6.45, 7) is 4.51. The molecule has 1 aromatic rings. The summed E-state index contributed by atoms with van der Waals surface area (Å²) in [5.41, 5.74) is 0.967. The molecule has 0 spiro atoms. The monoisotopic (exact) mass is 208 g/mol. The molecule has 1 aromatic carbocycles. The fourth-order valence-electron chi connectivity index (χ4n) is 1.09. The molecule has 3 nitrogen and oxygen atoms in total. The highest BCUT2D eigenvalue weighted by Gasteiger charge is 1.97. The lowest BCUT2D eigenvalue weighted by Crippen LogP contribution is -1.99. The van der Waals surface area contributed by atoms with Crippen LogP contribution in [0.1, 0.15) is 25.8 Å². The molecular weight excluding hydrogens is 192 g/mol. The summed E-state index contributed by atoms with van der Waals surface area (Å²) in [7, 11) is 0. The first-order chi connectivity index (χ1) is 7.22. The van der Waals surface area contributed by atoms with E-state index in [-0.39, 0.29) is 5.97 Å². The van der Waals surface area contributed by atoms with Crippen LogP contribution in [0, 0.1) is 0 Å². The third-order valence-corrected chi connectivity index (χ3v) is 1.84. The smallest absolute Gasteiger partial charge is 0.302 e. The van der Waals surface area contributed by atoms with Gasteiger partial charge in [-0.15, -0.1) is 0 Å². The van der Waals surface area contributed by atoms with Crippen molar-refractivity contribution in [2.24, 2.45) is 0 Å². The molecule has 0 amide bonds. The van der Waals surface area contributed by atoms with E-state index in [2.05, 4.69) is 6.92 Å². The van der Waals surface area contributed by atoms with E-state index in [1.54, 1.807) is 0 Å². The van der Waals surface area contributed by atoms with Crippen molar-refractivity contribution < 1.29 is 14.3 Å². The van der Waals surface area contributed by atoms with E-state index in [9.17, 15) is 4.79 Å². The molecule has 0 fully saturated rings. The fourth-order valence-corrected chi connectivity index (χ4v) is 1.09. The Balaban J connectivity index is 2.45. The van der Waals surface area contributed by atoms with Crippen molar-refractivity contribution in [2.45, 2.75) is 26.9 Å². The first-order valence-corrected chi connectivity index (χ1v) is 5.07. The van der Waals surface area contributed by atoms with Gasteiger partial charge in [-0.25, -0.2) is 0 Å². The molecule has 0 aliphatic rings. The summed E-state index contributed by atoms with van der Waals surface area (Å²) < 4.78 is 10.3. The summed E-state index contributed by atoms with van der Waals surface area (Å²) in [6, 6.07) is 7.56. The molecule has 0 saturated carbocycles. The Morgan fingerprint density at radius 1 is 1.27 bits per heavy atom. The summed E-state index contributed by atoms with van der Waals surface area (Å²) in [6.07, 6.45) is 0.995. The quantitative estimate of drug-likeness (QED) is 0.697. The van der Waals surface area contributed by atoms with Crippen molar-refractivity contribution in [1.29, 1.82) is 0 Å². The topological polar surface area (TPSA) is 35.5 Å². The molecule has 82 valence electrons. The lowest BCUT2D eigenvalue weighted by Gasteiger charge is -2.05. The van der Waals surface area contributed by atoms with Crippen LogP contribution in [0.3, 0.4) is 0 Å². The highest BCUT2D eigenvalue weighted by atomic mass is 16.5. The molecule has 0 saturated heterocycles. The largest absolute Gasteiger partial charge is 0.494 e. The second-order valence-corrected chi connectivity index (χ2v) is 3.27. The maximum atomic E-state index is 10.6. The van der Waals surface area contributed by atoms with E-state index in [0.29, 0.717) is 6.61 Å². The van der Waals surface area contributed by atoms with Crippen molar-refractivity contribution >= 4 is 5.97 Å². The van der Waals surface area contributed by atoms with Crippen LogP contribution in [0.5, 0.6) is 5.75 Å². The molecule has 0 unspecified atom stereocenters. The van der Waals surface area contributed by atoms with Crippen LogP contribution >= 0.6 is 0 Å². The maximum absolute atomic E-state index is 10.6. The van der Waals surface area contributed by atoms with Crippen LogP contribution < -0.4 is 4.74 Å². The third kappa shape index (κ3) is 4.49. The molecule has 0 N–H and O–H groups in total. The Labute approximate surface area is 90.0 Å². The SMILES string of the molecule is CCCOc1ccc(COC(C)=O)cc1. The number of carbonyl (C=O) groups excluding carboxylic acids is 1. The Bertz CT molecular complexity index is 303. The second kappa shape index (κ2) is 6.06. The molecule has 3 heteroatoms. The summed E-state index contributed by atoms with van der Waals surface area (Å²) in [5, 5.41) is 0. The standard InChI is InChI=1S/C12H16O3/c1-3-8-14-12-6-4-11(5-7-12)9-15-10(2)13/h4-7H,3,8-9H2,1-2H3. The highest BCUT2D eigenvalue weighted by molar-refractivity contribution is 5.65. The van der Waals surface area contributed by atoms with Crippen LogP contribution in [-0.2, 0) is 16.1 Å². The zero-order valence-corrected chi connectivity index (χ0v) is 9.16. The van der Waals surface area contributed by atoms with E-state index in [1.807, 2.05) is 24.3 Å². The van der Waals surface area contributed by atoms with Crippen LogP contribution in [0.25, 0.3) is 0 Å². The Morgan fingerprint density at radius 2 is 1.93 bits per heavy atom. The van der Waals surface area contributed by atoms with E-state index in [0.717, 1.165) is 24.3 Å². The summed E-state index contributed by atoms with van der Waals surface area (Å²) >= 11 is 0. The number of benzene rings is 1. The third-order valence-electron chi connectivity index (χ3n) is 1.84. The highest BCUT2D eigenvalue weighted by Crippen LogP contribution is 2.13. The van der Waals surface area contributed by atoms with Crippen molar-refractivity contribution in [2.75, 3.05) is 6.61 Å². The molecule has 0 radical (unpaired) electrons. The normalized spacial score (nSPS) is 9.73. The van der Waals surface area contributed by atoms with E-state index in [4.69, 9.17) is 9.47 Å². The minimum absolute atomic E-state index is 0.263. The summed E-state index contributed by atoms with van der Waals surface area (Å²) in [4.78, 5) is 10.6. The van der Waals surface area contributed by atoms with Crippen LogP contribution in [0.15, 0.2) is 24.3 Å². The van der Waals surface area contributed by atoms with Gasteiger partial charge in [0.2, 0.25) is 0 Å². The number of hydrogen-bond acceptors (Lipinski definition) is 3. The van der Waals surface area contributed by atoms with Gasteiger partial charge in [-0.3, -0.25) is 4.79 Å². The van der Waals surface area contributed by atoms with Crippen molar-refractivity contribution in [3.8, 4) is 5.75 Å². The molecule has 0 bridgehead atoms. The predicted octanol–water partition coefficient (Wildman–Crippen LogP) is 2.54. The van der Waals surface area contributed by atoms with Gasteiger partial charge in [-0.1, -0.05) is 19.1 Å². The Hall–Kier alpha value is -1.51. The minimum atomic E-state index is -0.263. The zero-order valence-electron chi connectivity index (χ0n) is 9.16. The van der Waals surface area contributed by atoms with E-state index in [1.165, 1.54) is 6.92 Å². The number of ether oxygens (including phenoxy) is 2. The predicted molar refractivity (Wildman–Crippen MR) is 57.7 cm³/mol. The lowest BCUT2D eigenvalue weighted by atomic mass is 10.2. The van der Waals surface area contributed by atoms with Gasteiger partial charge in [0.05, 0.1) is 6.61 Å². The fraction of sp³-hybridized carbons (Fsp3) is 0.417. The van der Waals surface area contributed by atoms with Gasteiger partial charge in [0.15, 0.2) is 0 Å². The average Bonchev–Trinajstić information content (AvgIpc) is 2.25. The number of carbonyl (C=O) groups is 1. The minimum Gasteiger partial charge on any atom is -0.494 e. The molecule has 0 atom stereocenters. The van der Waals surface area contributed by atoms with Gasteiger partial charge in [-0.2, -0.15) is 0 Å². The molecule has 1 rings (SSSR count). The van der Waals surface area contributed by atoms with Gasteiger partial charge in [0, 0.05) is 6.92 Å². The second-order valence-electron chi connectivity index (χ2n) is 3.27. The van der Waals surface area contributed by atoms with Gasteiger partial charge < -0.3 is 9.47 Å². The first kappa shape index (κ1) is 11.6. The summed E-state index contributed by atoms with van der Waals surface area (Å²) in [5.74, 6) is 0.588. The zero-order chi connectivity index (χ0) is 11.1. The molecule has 0 aliphatic heterocycles. The van der Waals surface area contributed by atoms with Gasteiger partial charge in [-0.05, 0) is 24.1 Å². The van der Waals surface area contributed by atoms with Crippen molar-refractivity contribution in [3.63, 3.8) is 0 Å². The van der Waals surface area contributed by atoms with Crippen molar-refractivity contribution in [3.05, 3.63) is 29.8 Å². The van der Waals surface area contributed by atoms with E-state index < -0.39 is 0 Å². The van der Waals surface area contributed by atoms with Crippen molar-refractivity contribution in [1.82, 2.24) is 0 Å². The lowest BCUT2D eigenvalue weighted by molar-refractivity contribution is -0.142. The van der Waals surface area contributed by atoms with E-state index >= 15 is 0 Å². The van der Waals surface area contributed by atoms with Gasteiger partial charge in [0.25, 0.3) is 0 Å². The average molecular weight is 208 g/mol. The number of esters is 1. The van der Waals surface area contributed by atoms with Gasteiger partial charge in [0.1, 0.15) is 12.4 Å². The number of hydrogen-bond donors (Lipinski definition) is 0. The molecule has 0 heterocycles. The molecular formula is C12H16O3.